The number of hydrogen-bond acceptors (Lipinski definition) is 7. The number of carbonyl (C=O) groups is 2. The van der Waals surface area contributed by atoms with Crippen LogP contribution in [-0.2, 0) is 11.0 Å². The molecule has 40 heavy (non-hydrogen) atoms. The number of alkyl halides is 3. The lowest BCUT2D eigenvalue weighted by molar-refractivity contribution is -0.137. The van der Waals surface area contributed by atoms with Crippen LogP contribution >= 0.6 is 0 Å². The molecule has 1 saturated carbocycles. The molecule has 13 heteroatoms. The fourth-order valence-corrected chi connectivity index (χ4v) is 4.54. The van der Waals surface area contributed by atoms with Crippen LogP contribution < -0.4 is 11.1 Å². The van der Waals surface area contributed by atoms with Crippen LogP contribution in [0.25, 0.3) is 11.0 Å². The first kappa shape index (κ1) is 27.0. The molecule has 1 saturated heterocycles. The molecule has 208 valence electrons. The third-order valence-electron chi connectivity index (χ3n) is 6.77. The molecule has 2 aliphatic rings. The van der Waals surface area contributed by atoms with Gasteiger partial charge in [-0.3, -0.25) is 9.59 Å². The number of nitrogens with one attached hydrogen (secondary N) is 1. The molecule has 3 aromatic heterocycles. The van der Waals surface area contributed by atoms with Crippen molar-refractivity contribution in [1.82, 2.24) is 29.6 Å². The number of pyridine rings is 1. The van der Waals surface area contributed by atoms with E-state index in [1.165, 1.54) is 6.33 Å². The highest BCUT2D eigenvalue weighted by Gasteiger charge is 2.36. The van der Waals surface area contributed by atoms with Crippen LogP contribution in [0.2, 0.25) is 0 Å². The van der Waals surface area contributed by atoms with Crippen molar-refractivity contribution in [3.8, 4) is 0 Å². The van der Waals surface area contributed by atoms with E-state index in [1.54, 1.807) is 36.5 Å². The fourth-order valence-electron chi connectivity index (χ4n) is 4.54. The summed E-state index contributed by atoms with van der Waals surface area (Å²) in [5.41, 5.74) is 6.10. The summed E-state index contributed by atoms with van der Waals surface area (Å²) < 4.78 is 39.4. The number of carbonyl (C=O) groups excluding carboxylic acids is 2. The topological polar surface area (TPSA) is 132 Å². The van der Waals surface area contributed by atoms with Gasteiger partial charge in [0, 0.05) is 30.8 Å². The van der Waals surface area contributed by atoms with Crippen molar-refractivity contribution in [2.24, 2.45) is 5.92 Å². The van der Waals surface area contributed by atoms with Crippen molar-refractivity contribution in [3.63, 3.8) is 0 Å². The summed E-state index contributed by atoms with van der Waals surface area (Å²) in [5, 5.41) is 7.53. The number of halogens is 3. The number of rotatable bonds is 4. The minimum absolute atomic E-state index is 0.135. The molecule has 3 N–H and O–H groups in total. The van der Waals surface area contributed by atoms with Gasteiger partial charge < -0.3 is 16.0 Å². The SMILES string of the molecule is Nc1ncnc2c1cnn2C1CCCN(C(=O)C2CC2)C1.O=C(Nc1cc(C(F)(F)F)ccn1)c1ccccc1. The summed E-state index contributed by atoms with van der Waals surface area (Å²) >= 11 is 0. The number of nitrogen functional groups attached to an aromatic ring is 1. The molecular weight excluding hydrogens is 525 g/mol. The molecule has 0 bridgehead atoms. The van der Waals surface area contributed by atoms with E-state index in [0.717, 1.165) is 68.1 Å². The maximum absolute atomic E-state index is 12.5. The lowest BCUT2D eigenvalue weighted by Crippen LogP contribution is -2.41. The number of hydrogen-bond donors (Lipinski definition) is 2. The maximum atomic E-state index is 12.5. The Morgan fingerprint density at radius 1 is 1.02 bits per heavy atom. The van der Waals surface area contributed by atoms with Crippen LogP contribution in [0.1, 0.15) is 47.6 Å². The Morgan fingerprint density at radius 2 is 1.80 bits per heavy atom. The van der Waals surface area contributed by atoms with Crippen LogP contribution in [-0.4, -0.2) is 54.5 Å². The van der Waals surface area contributed by atoms with Crippen molar-refractivity contribution in [2.75, 3.05) is 24.1 Å². The van der Waals surface area contributed by atoms with Gasteiger partial charge in [-0.1, -0.05) is 18.2 Å². The van der Waals surface area contributed by atoms with E-state index in [2.05, 4.69) is 25.4 Å². The van der Waals surface area contributed by atoms with E-state index in [4.69, 9.17) is 5.73 Å². The molecule has 2 fully saturated rings. The second-order valence-corrected chi connectivity index (χ2v) is 9.69. The Balaban J connectivity index is 0.000000162. The van der Waals surface area contributed by atoms with Gasteiger partial charge in [0.1, 0.15) is 18.0 Å². The highest BCUT2D eigenvalue weighted by atomic mass is 19.4. The van der Waals surface area contributed by atoms with Crippen LogP contribution in [0.15, 0.2) is 61.2 Å². The highest BCUT2D eigenvalue weighted by molar-refractivity contribution is 6.03. The molecule has 1 aromatic carbocycles. The number of nitrogens with two attached hydrogens (primary N) is 1. The number of aromatic nitrogens is 5. The van der Waals surface area contributed by atoms with Gasteiger partial charge in [-0.05, 0) is 49.9 Å². The van der Waals surface area contributed by atoms with Crippen molar-refractivity contribution in [1.29, 1.82) is 0 Å². The van der Waals surface area contributed by atoms with Gasteiger partial charge in [0.15, 0.2) is 5.65 Å². The highest BCUT2D eigenvalue weighted by Crippen LogP contribution is 2.34. The van der Waals surface area contributed by atoms with E-state index in [-0.39, 0.29) is 17.8 Å². The standard InChI is InChI=1S/C14H18N6O.C13H9F3N2O/c15-12-11-6-18-20(13(11)17-8-16-12)10-2-1-5-19(7-10)14(21)9-3-4-9;14-13(15,16)10-6-7-17-11(8-10)18-12(19)9-4-2-1-3-5-9/h6,8-10H,1-5,7H2,(H2,15,16,17);1-8H,(H,17,18,19). The second-order valence-electron chi connectivity index (χ2n) is 9.69. The van der Waals surface area contributed by atoms with Gasteiger partial charge in [0.25, 0.3) is 5.91 Å². The zero-order valence-electron chi connectivity index (χ0n) is 21.4. The average Bonchev–Trinajstić information content (AvgIpc) is 3.72. The maximum Gasteiger partial charge on any atom is 0.416 e. The second kappa shape index (κ2) is 11.3. The van der Waals surface area contributed by atoms with E-state index >= 15 is 0 Å². The number of anilines is 2. The monoisotopic (exact) mass is 552 g/mol. The molecule has 0 spiro atoms. The van der Waals surface area contributed by atoms with Crippen LogP contribution in [0.5, 0.6) is 0 Å². The van der Waals surface area contributed by atoms with Gasteiger partial charge in [0.2, 0.25) is 5.91 Å². The average molecular weight is 553 g/mol. The Kier molecular flexibility index (Phi) is 7.63. The number of fused-ring (bicyclic) bond motifs is 1. The lowest BCUT2D eigenvalue weighted by Gasteiger charge is -2.33. The van der Waals surface area contributed by atoms with Crippen molar-refractivity contribution in [3.05, 3.63) is 72.3 Å². The zero-order chi connectivity index (χ0) is 28.3. The summed E-state index contributed by atoms with van der Waals surface area (Å²) in [6.07, 6.45) is 3.83. The number of nitrogens with zero attached hydrogens (tertiary/aromatic N) is 6. The Bertz CT molecular complexity index is 1500. The largest absolute Gasteiger partial charge is 0.416 e. The molecule has 2 amide bonds. The summed E-state index contributed by atoms with van der Waals surface area (Å²) in [7, 11) is 0. The molecule has 10 nitrogen and oxygen atoms in total. The Morgan fingerprint density at radius 3 is 2.52 bits per heavy atom. The first-order valence-electron chi connectivity index (χ1n) is 12.8. The molecular formula is C27H27F3N8O2. The molecule has 1 aliphatic carbocycles. The summed E-state index contributed by atoms with van der Waals surface area (Å²) in [4.78, 5) is 38.0. The van der Waals surface area contributed by atoms with Gasteiger partial charge in [-0.25, -0.2) is 19.6 Å². The summed E-state index contributed by atoms with van der Waals surface area (Å²) in [5.74, 6) is 0.394. The van der Waals surface area contributed by atoms with Crippen LogP contribution in [0.3, 0.4) is 0 Å². The summed E-state index contributed by atoms with van der Waals surface area (Å²) in [6.45, 7) is 1.58. The van der Waals surface area contributed by atoms with Crippen LogP contribution in [0.4, 0.5) is 24.8 Å². The minimum atomic E-state index is -4.46. The molecule has 1 atom stereocenters. The number of piperidine rings is 1. The van der Waals surface area contributed by atoms with E-state index < -0.39 is 17.6 Å². The van der Waals surface area contributed by atoms with Gasteiger partial charge in [-0.15, -0.1) is 0 Å². The van der Waals surface area contributed by atoms with Crippen molar-refractivity contribution < 1.29 is 22.8 Å². The molecule has 4 aromatic rings. The van der Waals surface area contributed by atoms with Crippen molar-refractivity contribution in [2.45, 2.75) is 37.9 Å². The van der Waals surface area contributed by atoms with E-state index in [1.807, 2.05) is 9.58 Å². The van der Waals surface area contributed by atoms with Crippen molar-refractivity contribution >= 4 is 34.5 Å². The van der Waals surface area contributed by atoms with Gasteiger partial charge in [-0.2, -0.15) is 18.3 Å². The Labute approximate surface area is 227 Å². The number of benzene rings is 1. The fraction of sp³-hybridized carbons (Fsp3) is 0.333. The Hall–Kier alpha value is -4.55. The zero-order valence-corrected chi connectivity index (χ0v) is 21.4. The van der Waals surface area contributed by atoms with Gasteiger partial charge in [0.05, 0.1) is 23.2 Å². The molecule has 1 aliphatic heterocycles. The first-order valence-corrected chi connectivity index (χ1v) is 12.8. The van der Waals surface area contributed by atoms with E-state index in [9.17, 15) is 22.8 Å². The van der Waals surface area contributed by atoms with Crippen LogP contribution in [0, 0.1) is 5.92 Å². The smallest absolute Gasteiger partial charge is 0.383 e. The predicted molar refractivity (Wildman–Crippen MR) is 141 cm³/mol. The third kappa shape index (κ3) is 6.19. The molecule has 0 radical (unpaired) electrons. The lowest BCUT2D eigenvalue weighted by atomic mass is 10.1. The van der Waals surface area contributed by atoms with Gasteiger partial charge >= 0.3 is 6.18 Å². The normalized spacial score (nSPS) is 17.2. The quantitative estimate of drug-likeness (QED) is 0.385. The molecule has 6 rings (SSSR count). The summed E-state index contributed by atoms with van der Waals surface area (Å²) in [6, 6.07) is 9.99. The minimum Gasteiger partial charge on any atom is -0.383 e. The first-order chi connectivity index (χ1) is 19.2. The number of amides is 2. The van der Waals surface area contributed by atoms with E-state index in [0.29, 0.717) is 17.3 Å². The predicted octanol–water partition coefficient (Wildman–Crippen LogP) is 4.33. The molecule has 1 unspecified atom stereocenters. The molecule has 4 heterocycles. The third-order valence-corrected chi connectivity index (χ3v) is 6.77. The number of likely N-dealkylation sites (tertiary alicyclic amines) is 1.